The highest BCUT2D eigenvalue weighted by atomic mass is 16.6. The van der Waals surface area contributed by atoms with Crippen LogP contribution in [0.15, 0.2) is 12.7 Å². The second kappa shape index (κ2) is 10.7. The van der Waals surface area contributed by atoms with Crippen LogP contribution in [0.4, 0.5) is 5.82 Å². The van der Waals surface area contributed by atoms with Gasteiger partial charge in [0, 0.05) is 19.3 Å². The largest absolute Gasteiger partial charge is 0.457 e. The minimum absolute atomic E-state index is 0.0325. The van der Waals surface area contributed by atoms with Gasteiger partial charge < -0.3 is 14.8 Å². The first-order chi connectivity index (χ1) is 15.0. The molecule has 1 amide bonds. The number of unbranched alkanes of at least 4 members (excludes halogenated alkanes) is 4. The van der Waals surface area contributed by atoms with Gasteiger partial charge in [0.2, 0.25) is 5.91 Å². The number of ether oxygens (including phenoxy) is 2. The molecular weight excluding hydrogens is 398 g/mol. The van der Waals surface area contributed by atoms with Crippen LogP contribution in [0.3, 0.4) is 0 Å². The summed E-state index contributed by atoms with van der Waals surface area (Å²) in [4.78, 5) is 37.0. The molecule has 0 bridgehead atoms. The van der Waals surface area contributed by atoms with Crippen molar-refractivity contribution < 1.29 is 19.1 Å². The van der Waals surface area contributed by atoms with Crippen molar-refractivity contribution in [1.82, 2.24) is 19.5 Å². The fraction of sp³-hybridized carbons (Fsp3) is 0.682. The first kappa shape index (κ1) is 23.1. The average Bonchev–Trinajstić information content (AvgIpc) is 3.29. The minimum atomic E-state index is -0.536. The van der Waals surface area contributed by atoms with Crippen LogP contribution in [-0.2, 0) is 19.1 Å². The van der Waals surface area contributed by atoms with E-state index in [9.17, 15) is 9.59 Å². The SMILES string of the molecule is CCCCCCCC(=O)Nc1ncnc2c1ncn2[C@@H]1O[C@H](CC)[C@H](C)[C@H]1OC(C)=O. The molecule has 170 valence electrons. The van der Waals surface area contributed by atoms with Gasteiger partial charge in [0.05, 0.1) is 12.4 Å². The van der Waals surface area contributed by atoms with Crippen LogP contribution in [0.1, 0.15) is 78.9 Å². The van der Waals surface area contributed by atoms with Gasteiger partial charge in [0.15, 0.2) is 29.3 Å². The molecule has 0 spiro atoms. The molecule has 3 rings (SSSR count). The van der Waals surface area contributed by atoms with Gasteiger partial charge in [-0.2, -0.15) is 0 Å². The number of amides is 1. The molecule has 0 saturated carbocycles. The molecule has 1 aliphatic heterocycles. The van der Waals surface area contributed by atoms with E-state index in [1.54, 1.807) is 10.9 Å². The number of carbonyl (C=O) groups excluding carboxylic acids is 2. The Morgan fingerprint density at radius 3 is 2.65 bits per heavy atom. The summed E-state index contributed by atoms with van der Waals surface area (Å²) in [5.74, 6) is -0.0248. The fourth-order valence-electron chi connectivity index (χ4n) is 4.11. The maximum absolute atomic E-state index is 12.4. The van der Waals surface area contributed by atoms with E-state index in [0.29, 0.717) is 23.4 Å². The van der Waals surface area contributed by atoms with Gasteiger partial charge in [-0.15, -0.1) is 0 Å². The molecule has 1 aliphatic rings. The first-order valence-electron chi connectivity index (χ1n) is 11.3. The van der Waals surface area contributed by atoms with Crippen molar-refractivity contribution in [3.63, 3.8) is 0 Å². The van der Waals surface area contributed by atoms with Gasteiger partial charge in [-0.25, -0.2) is 15.0 Å². The van der Waals surface area contributed by atoms with Gasteiger partial charge in [-0.1, -0.05) is 46.5 Å². The maximum atomic E-state index is 12.4. The maximum Gasteiger partial charge on any atom is 0.303 e. The number of hydrogen-bond acceptors (Lipinski definition) is 7. The zero-order valence-corrected chi connectivity index (χ0v) is 18.8. The third-order valence-electron chi connectivity index (χ3n) is 5.80. The monoisotopic (exact) mass is 431 g/mol. The smallest absolute Gasteiger partial charge is 0.303 e. The molecule has 2 aromatic rings. The third-order valence-corrected chi connectivity index (χ3v) is 5.80. The van der Waals surface area contributed by atoms with Crippen molar-refractivity contribution >= 4 is 28.9 Å². The lowest BCUT2D eigenvalue weighted by atomic mass is 9.98. The number of carbonyl (C=O) groups is 2. The van der Waals surface area contributed by atoms with Crippen molar-refractivity contribution in [2.45, 2.75) is 91.1 Å². The molecule has 1 saturated heterocycles. The topological polar surface area (TPSA) is 108 Å². The molecule has 9 heteroatoms. The lowest BCUT2D eigenvalue weighted by molar-refractivity contribution is -0.153. The zero-order valence-electron chi connectivity index (χ0n) is 18.8. The molecular formula is C22H33N5O4. The Kier molecular flexibility index (Phi) is 7.95. The van der Waals surface area contributed by atoms with Crippen molar-refractivity contribution in [2.24, 2.45) is 5.92 Å². The fourth-order valence-corrected chi connectivity index (χ4v) is 4.11. The number of hydrogen-bond donors (Lipinski definition) is 1. The van der Waals surface area contributed by atoms with E-state index in [1.807, 2.05) is 13.8 Å². The Bertz CT molecular complexity index is 899. The third kappa shape index (κ3) is 5.39. The summed E-state index contributed by atoms with van der Waals surface area (Å²) in [5, 5.41) is 2.86. The van der Waals surface area contributed by atoms with E-state index in [0.717, 1.165) is 25.7 Å². The molecule has 4 atom stereocenters. The highest BCUT2D eigenvalue weighted by molar-refractivity contribution is 5.96. The highest BCUT2D eigenvalue weighted by Gasteiger charge is 2.45. The predicted octanol–water partition coefficient (Wildman–Crippen LogP) is 4.00. The standard InChI is InChI=1S/C22H33N5O4/c1-5-7-8-9-10-11-17(29)26-20-18-21(24-12-23-20)27(13-25-18)22-19(30-15(4)28)14(3)16(6-2)31-22/h12-14,16,19,22H,5-11H2,1-4H3,(H,23,24,26,29)/t14-,16+,19+,22+/m0/s1. The molecule has 0 unspecified atom stereocenters. The van der Waals surface area contributed by atoms with E-state index in [-0.39, 0.29) is 23.9 Å². The number of aromatic nitrogens is 4. The molecule has 3 heterocycles. The predicted molar refractivity (Wildman–Crippen MR) is 116 cm³/mol. The summed E-state index contributed by atoms with van der Waals surface area (Å²) >= 11 is 0. The Hall–Kier alpha value is -2.55. The highest BCUT2D eigenvalue weighted by Crippen LogP contribution is 2.38. The molecule has 1 fully saturated rings. The van der Waals surface area contributed by atoms with E-state index in [2.05, 4.69) is 27.2 Å². The zero-order chi connectivity index (χ0) is 22.4. The van der Waals surface area contributed by atoms with E-state index >= 15 is 0 Å². The van der Waals surface area contributed by atoms with Gasteiger partial charge in [-0.3, -0.25) is 14.2 Å². The van der Waals surface area contributed by atoms with Crippen LogP contribution in [0, 0.1) is 5.92 Å². The number of rotatable bonds is 10. The van der Waals surface area contributed by atoms with Crippen LogP contribution >= 0.6 is 0 Å². The van der Waals surface area contributed by atoms with E-state index in [4.69, 9.17) is 9.47 Å². The van der Waals surface area contributed by atoms with Gasteiger partial charge in [0.25, 0.3) is 0 Å². The van der Waals surface area contributed by atoms with E-state index in [1.165, 1.54) is 26.1 Å². The van der Waals surface area contributed by atoms with Gasteiger partial charge >= 0.3 is 5.97 Å². The Labute approximate surface area is 182 Å². The summed E-state index contributed by atoms with van der Waals surface area (Å²) in [7, 11) is 0. The van der Waals surface area contributed by atoms with Crippen molar-refractivity contribution in [1.29, 1.82) is 0 Å². The quantitative estimate of drug-likeness (QED) is 0.447. The Morgan fingerprint density at radius 2 is 1.94 bits per heavy atom. The van der Waals surface area contributed by atoms with Crippen LogP contribution < -0.4 is 5.32 Å². The number of esters is 1. The summed E-state index contributed by atoms with van der Waals surface area (Å²) in [6.07, 6.45) is 8.64. The van der Waals surface area contributed by atoms with E-state index < -0.39 is 12.3 Å². The minimum Gasteiger partial charge on any atom is -0.457 e. The number of anilines is 1. The molecule has 0 aliphatic carbocycles. The Morgan fingerprint density at radius 1 is 1.16 bits per heavy atom. The van der Waals surface area contributed by atoms with Crippen molar-refractivity contribution in [3.05, 3.63) is 12.7 Å². The second-order valence-electron chi connectivity index (χ2n) is 8.17. The van der Waals surface area contributed by atoms with Crippen LogP contribution in [0.25, 0.3) is 11.2 Å². The Balaban J connectivity index is 1.77. The first-order valence-corrected chi connectivity index (χ1v) is 11.3. The van der Waals surface area contributed by atoms with Gasteiger partial charge in [0.1, 0.15) is 6.33 Å². The lowest BCUT2D eigenvalue weighted by Crippen LogP contribution is -2.29. The lowest BCUT2D eigenvalue weighted by Gasteiger charge is -2.21. The molecule has 1 N–H and O–H groups in total. The average molecular weight is 432 g/mol. The normalized spacial score (nSPS) is 23.2. The number of fused-ring (bicyclic) bond motifs is 1. The van der Waals surface area contributed by atoms with Crippen molar-refractivity contribution in [2.75, 3.05) is 5.32 Å². The summed E-state index contributed by atoms with van der Waals surface area (Å²) in [5.41, 5.74) is 1.01. The molecule has 9 nitrogen and oxygen atoms in total. The molecule has 31 heavy (non-hydrogen) atoms. The number of imidazole rings is 1. The molecule has 2 aromatic heterocycles. The van der Waals surface area contributed by atoms with Crippen LogP contribution in [0.2, 0.25) is 0 Å². The van der Waals surface area contributed by atoms with Crippen LogP contribution in [-0.4, -0.2) is 43.6 Å². The summed E-state index contributed by atoms with van der Waals surface area (Å²) < 4.78 is 13.5. The molecule has 0 aromatic carbocycles. The number of nitrogens with one attached hydrogen (secondary N) is 1. The second-order valence-corrected chi connectivity index (χ2v) is 8.17. The van der Waals surface area contributed by atoms with Gasteiger partial charge in [-0.05, 0) is 12.8 Å². The number of nitrogens with zero attached hydrogens (tertiary/aromatic N) is 4. The van der Waals surface area contributed by atoms with Crippen LogP contribution in [0.5, 0.6) is 0 Å². The van der Waals surface area contributed by atoms with Crippen molar-refractivity contribution in [3.8, 4) is 0 Å². The summed E-state index contributed by atoms with van der Waals surface area (Å²) in [6, 6.07) is 0. The summed E-state index contributed by atoms with van der Waals surface area (Å²) in [6.45, 7) is 7.62. The molecule has 0 radical (unpaired) electrons.